The number of aromatic nitrogens is 2. The number of hydrogen-bond donors (Lipinski definition) is 1. The quantitative estimate of drug-likeness (QED) is 0.641. The minimum absolute atomic E-state index is 0.0559. The predicted octanol–water partition coefficient (Wildman–Crippen LogP) is 3.43. The van der Waals surface area contributed by atoms with Gasteiger partial charge < -0.3 is 19.2 Å². The van der Waals surface area contributed by atoms with Crippen LogP contribution >= 0.6 is 12.2 Å². The fourth-order valence-electron chi connectivity index (χ4n) is 2.18. The summed E-state index contributed by atoms with van der Waals surface area (Å²) in [6.45, 7) is 0.0699. The third kappa shape index (κ3) is 4.70. The fourth-order valence-corrected chi connectivity index (χ4v) is 2.38. The third-order valence-corrected chi connectivity index (χ3v) is 3.71. The maximum absolute atomic E-state index is 12.2. The molecule has 8 heteroatoms. The lowest BCUT2D eigenvalue weighted by Crippen LogP contribution is -2.19. The van der Waals surface area contributed by atoms with Crippen LogP contribution in [0.25, 0.3) is 0 Å². The Kier molecular flexibility index (Phi) is 5.65. The molecule has 1 amide bonds. The first-order valence-corrected chi connectivity index (χ1v) is 8.23. The van der Waals surface area contributed by atoms with Crippen molar-refractivity contribution in [1.29, 1.82) is 0 Å². The second-order valence-electron chi connectivity index (χ2n) is 5.30. The van der Waals surface area contributed by atoms with Gasteiger partial charge in [0.25, 0.3) is 10.7 Å². The number of anilines is 1. The molecule has 0 bridgehead atoms. The van der Waals surface area contributed by atoms with Gasteiger partial charge in [-0.3, -0.25) is 4.79 Å². The summed E-state index contributed by atoms with van der Waals surface area (Å²) in [6, 6.07) is 16.3. The summed E-state index contributed by atoms with van der Waals surface area (Å²) in [5, 5.41) is 6.94. The van der Waals surface area contributed by atoms with Gasteiger partial charge in [0.15, 0.2) is 6.61 Å². The first-order chi connectivity index (χ1) is 12.6. The van der Waals surface area contributed by atoms with Crippen LogP contribution in [0.3, 0.4) is 0 Å². The van der Waals surface area contributed by atoms with E-state index in [0.717, 1.165) is 0 Å². The molecular formula is C18H17N3O4S. The molecule has 3 rings (SSSR count). The largest absolute Gasteiger partial charge is 0.497 e. The lowest BCUT2D eigenvalue weighted by atomic mass is 10.3. The summed E-state index contributed by atoms with van der Waals surface area (Å²) < 4.78 is 17.3. The number of ether oxygens (including phenoxy) is 2. The van der Waals surface area contributed by atoms with E-state index in [4.69, 9.17) is 26.1 Å². The molecule has 1 heterocycles. The highest BCUT2D eigenvalue weighted by molar-refractivity contribution is 7.71. The van der Waals surface area contributed by atoms with E-state index in [1.54, 1.807) is 31.4 Å². The summed E-state index contributed by atoms with van der Waals surface area (Å²) in [7, 11) is 1.58. The average molecular weight is 371 g/mol. The molecule has 0 aliphatic carbocycles. The van der Waals surface area contributed by atoms with Crippen LogP contribution in [0.1, 0.15) is 5.89 Å². The Labute approximate surface area is 155 Å². The van der Waals surface area contributed by atoms with Gasteiger partial charge >= 0.3 is 0 Å². The van der Waals surface area contributed by atoms with E-state index in [-0.39, 0.29) is 23.9 Å². The van der Waals surface area contributed by atoms with Crippen molar-refractivity contribution in [3.05, 3.63) is 65.3 Å². The number of hydrogen-bond acceptors (Lipinski definition) is 6. The molecule has 1 N–H and O–H groups in total. The molecule has 0 aliphatic heterocycles. The number of para-hydroxylation sites is 1. The van der Waals surface area contributed by atoms with Gasteiger partial charge in [-0.25, -0.2) is 4.68 Å². The summed E-state index contributed by atoms with van der Waals surface area (Å²) >= 11 is 5.10. The van der Waals surface area contributed by atoms with Crippen LogP contribution < -0.4 is 14.8 Å². The first-order valence-electron chi connectivity index (χ1n) is 7.82. The van der Waals surface area contributed by atoms with Gasteiger partial charge in [-0.2, -0.15) is 0 Å². The van der Waals surface area contributed by atoms with Gasteiger partial charge in [0.2, 0.25) is 5.91 Å². The van der Waals surface area contributed by atoms with Crippen LogP contribution in [0, 0.1) is 4.84 Å². The van der Waals surface area contributed by atoms with Crippen molar-refractivity contribution in [1.82, 2.24) is 9.78 Å². The van der Waals surface area contributed by atoms with Gasteiger partial charge in [0.05, 0.1) is 7.11 Å². The Hall–Kier alpha value is -3.13. The second kappa shape index (κ2) is 8.30. The maximum atomic E-state index is 12.2. The number of nitrogens with zero attached hydrogens (tertiary/aromatic N) is 2. The van der Waals surface area contributed by atoms with Gasteiger partial charge in [0, 0.05) is 5.69 Å². The van der Waals surface area contributed by atoms with Crippen LogP contribution in [-0.2, 0) is 17.9 Å². The Balaban J connectivity index is 1.58. The van der Waals surface area contributed by atoms with E-state index in [9.17, 15) is 4.79 Å². The van der Waals surface area contributed by atoms with E-state index >= 15 is 0 Å². The molecular weight excluding hydrogens is 354 g/mol. The molecule has 0 saturated carbocycles. The normalized spacial score (nSPS) is 10.3. The predicted molar refractivity (Wildman–Crippen MR) is 97.7 cm³/mol. The van der Waals surface area contributed by atoms with E-state index in [1.807, 2.05) is 30.3 Å². The van der Waals surface area contributed by atoms with Gasteiger partial charge in [-0.05, 0) is 48.6 Å². The summed E-state index contributed by atoms with van der Waals surface area (Å²) in [5.74, 6) is 1.44. The molecule has 0 aliphatic rings. The van der Waals surface area contributed by atoms with Crippen molar-refractivity contribution >= 4 is 23.8 Å². The monoisotopic (exact) mass is 371 g/mol. The van der Waals surface area contributed by atoms with E-state index in [0.29, 0.717) is 23.1 Å². The molecule has 7 nitrogen and oxygen atoms in total. The Bertz CT molecular complexity index is 920. The number of carbonyl (C=O) groups excluding carboxylic acids is 1. The second-order valence-corrected chi connectivity index (χ2v) is 5.65. The number of benzene rings is 2. The molecule has 0 unspecified atom stereocenters. The molecule has 0 atom stereocenters. The van der Waals surface area contributed by atoms with Gasteiger partial charge in [-0.1, -0.05) is 18.2 Å². The zero-order valence-corrected chi connectivity index (χ0v) is 14.9. The lowest BCUT2D eigenvalue weighted by Gasteiger charge is -2.06. The number of methoxy groups -OCH3 is 1. The number of rotatable bonds is 7. The Morgan fingerprint density at radius 3 is 2.58 bits per heavy atom. The van der Waals surface area contributed by atoms with E-state index in [1.165, 1.54) is 4.68 Å². The minimum atomic E-state index is -0.268. The first kappa shape index (κ1) is 17.7. The van der Waals surface area contributed by atoms with Crippen molar-refractivity contribution < 1.29 is 18.7 Å². The molecule has 26 heavy (non-hydrogen) atoms. The van der Waals surface area contributed by atoms with Crippen LogP contribution in [0.2, 0.25) is 0 Å². The molecule has 0 saturated heterocycles. The molecule has 3 aromatic rings. The van der Waals surface area contributed by atoms with Crippen molar-refractivity contribution in [2.45, 2.75) is 13.2 Å². The van der Waals surface area contributed by atoms with Gasteiger partial charge in [-0.15, -0.1) is 5.10 Å². The summed E-state index contributed by atoms with van der Waals surface area (Å²) in [4.78, 5) is 12.3. The molecule has 1 aromatic heterocycles. The lowest BCUT2D eigenvalue weighted by molar-refractivity contribution is -0.117. The Morgan fingerprint density at radius 1 is 1.15 bits per heavy atom. The highest BCUT2D eigenvalue weighted by atomic mass is 32.1. The van der Waals surface area contributed by atoms with Crippen LogP contribution in [0.5, 0.6) is 11.5 Å². The number of amides is 1. The van der Waals surface area contributed by atoms with Crippen molar-refractivity contribution in [2.75, 3.05) is 12.4 Å². The van der Waals surface area contributed by atoms with Crippen molar-refractivity contribution in [2.24, 2.45) is 0 Å². The zero-order chi connectivity index (χ0) is 18.4. The SMILES string of the molecule is COc1ccc(NC(=O)Cn2nc(COc3ccccc3)oc2=S)cc1. The highest BCUT2D eigenvalue weighted by Gasteiger charge is 2.11. The highest BCUT2D eigenvalue weighted by Crippen LogP contribution is 2.15. The van der Waals surface area contributed by atoms with Crippen LogP contribution in [0.15, 0.2) is 59.0 Å². The van der Waals surface area contributed by atoms with Crippen molar-refractivity contribution in [3.8, 4) is 11.5 Å². The Morgan fingerprint density at radius 2 is 1.88 bits per heavy atom. The summed E-state index contributed by atoms with van der Waals surface area (Å²) in [6.07, 6.45) is 0. The smallest absolute Gasteiger partial charge is 0.287 e. The average Bonchev–Trinajstić information content (AvgIpc) is 3.01. The summed E-state index contributed by atoms with van der Waals surface area (Å²) in [5.41, 5.74) is 0.651. The van der Waals surface area contributed by atoms with E-state index < -0.39 is 0 Å². The topological polar surface area (TPSA) is 78.5 Å². The van der Waals surface area contributed by atoms with E-state index in [2.05, 4.69) is 10.4 Å². The maximum Gasteiger partial charge on any atom is 0.287 e. The minimum Gasteiger partial charge on any atom is -0.497 e. The zero-order valence-electron chi connectivity index (χ0n) is 14.0. The molecule has 2 aromatic carbocycles. The number of nitrogens with one attached hydrogen (secondary N) is 1. The molecule has 0 fully saturated rings. The van der Waals surface area contributed by atoms with Crippen LogP contribution in [-0.4, -0.2) is 22.8 Å². The van der Waals surface area contributed by atoms with Gasteiger partial charge in [0.1, 0.15) is 18.0 Å². The molecule has 0 radical (unpaired) electrons. The molecule has 0 spiro atoms. The van der Waals surface area contributed by atoms with Crippen molar-refractivity contribution in [3.63, 3.8) is 0 Å². The third-order valence-electron chi connectivity index (χ3n) is 3.42. The molecule has 134 valence electrons. The van der Waals surface area contributed by atoms with Crippen LogP contribution in [0.4, 0.5) is 5.69 Å². The number of carbonyl (C=O) groups is 1. The fraction of sp³-hybridized carbons (Fsp3) is 0.167. The standard InChI is InChI=1S/C18H17N3O4S/c1-23-14-9-7-13(8-10-14)19-16(22)11-21-18(26)25-17(20-21)12-24-15-5-3-2-4-6-15/h2-10H,11-12H2,1H3,(H,19,22).